The number of nitrogens with one attached hydrogen (secondary N) is 1. The molecule has 5 aliphatic rings. The van der Waals surface area contributed by atoms with E-state index in [0.29, 0.717) is 18.4 Å². The maximum absolute atomic E-state index is 13.1. The van der Waals surface area contributed by atoms with Gasteiger partial charge in [0.15, 0.2) is 0 Å². The van der Waals surface area contributed by atoms with Gasteiger partial charge in [0.2, 0.25) is 11.9 Å². The number of carbonyl (C=O) groups excluding carboxylic acids is 1. The van der Waals surface area contributed by atoms with Gasteiger partial charge in [-0.15, -0.1) is 0 Å². The molecule has 4 saturated carbocycles. The zero-order valence-corrected chi connectivity index (χ0v) is 19.0. The van der Waals surface area contributed by atoms with Crippen LogP contribution in [0.3, 0.4) is 0 Å². The summed E-state index contributed by atoms with van der Waals surface area (Å²) in [5.74, 6) is -0.181. The highest BCUT2D eigenvalue weighted by atomic mass is 16.4. The number of aliphatic carboxylic acids is 1. The molecular weight excluding hydrogens is 406 g/mol. The molecule has 1 amide bonds. The van der Waals surface area contributed by atoms with Crippen LogP contribution in [0.4, 0.5) is 5.95 Å². The Morgan fingerprint density at radius 1 is 1.12 bits per heavy atom. The van der Waals surface area contributed by atoms with Gasteiger partial charge < -0.3 is 15.3 Å². The second-order valence-corrected chi connectivity index (χ2v) is 11.1. The van der Waals surface area contributed by atoms with Crippen LogP contribution < -0.4 is 10.2 Å². The van der Waals surface area contributed by atoms with Crippen molar-refractivity contribution in [3.63, 3.8) is 0 Å². The first-order chi connectivity index (χ1) is 15.4. The van der Waals surface area contributed by atoms with Gasteiger partial charge in [0.25, 0.3) is 0 Å². The van der Waals surface area contributed by atoms with Crippen LogP contribution in [0.5, 0.6) is 0 Å². The minimum atomic E-state index is -0.940. The molecule has 1 aromatic rings. The molecular formula is C24H35N5O3. The number of carboxylic acid groups (broad SMARTS) is 1. The number of carbonyl (C=O) groups is 2. The molecule has 1 saturated heterocycles. The number of anilines is 1. The van der Waals surface area contributed by atoms with E-state index in [-0.39, 0.29) is 16.7 Å². The van der Waals surface area contributed by atoms with Crippen molar-refractivity contribution in [1.29, 1.82) is 0 Å². The highest BCUT2D eigenvalue weighted by Crippen LogP contribution is 2.67. The van der Waals surface area contributed by atoms with Crippen molar-refractivity contribution >= 4 is 17.8 Å². The third kappa shape index (κ3) is 4.09. The van der Waals surface area contributed by atoms with Crippen LogP contribution in [0.25, 0.3) is 0 Å². The van der Waals surface area contributed by atoms with E-state index >= 15 is 0 Å². The summed E-state index contributed by atoms with van der Waals surface area (Å²) in [5, 5.41) is 13.1. The van der Waals surface area contributed by atoms with E-state index < -0.39 is 11.9 Å². The number of amides is 1. The fourth-order valence-corrected chi connectivity index (χ4v) is 7.85. The number of hydrogen-bond donors (Lipinski definition) is 2. The maximum atomic E-state index is 13.1. The van der Waals surface area contributed by atoms with Crippen molar-refractivity contribution in [2.45, 2.75) is 45.4 Å². The Kier molecular flexibility index (Phi) is 5.60. The summed E-state index contributed by atoms with van der Waals surface area (Å²) in [6, 6.07) is 1.82. The summed E-state index contributed by atoms with van der Waals surface area (Å²) in [6.07, 6.45) is 9.87. The number of rotatable bonds is 7. The molecule has 0 spiro atoms. The molecule has 0 radical (unpaired) electrons. The average molecular weight is 442 g/mol. The first-order valence-corrected chi connectivity index (χ1v) is 12.1. The summed E-state index contributed by atoms with van der Waals surface area (Å²) >= 11 is 0. The lowest BCUT2D eigenvalue weighted by Crippen LogP contribution is -2.58. The minimum Gasteiger partial charge on any atom is -0.481 e. The first-order valence-electron chi connectivity index (χ1n) is 12.1. The lowest BCUT2D eigenvalue weighted by atomic mass is 9.42. The number of nitrogens with zero attached hydrogens (tertiary/aromatic N) is 4. The van der Waals surface area contributed by atoms with Crippen molar-refractivity contribution < 1.29 is 14.7 Å². The highest BCUT2D eigenvalue weighted by molar-refractivity contribution is 5.98. The zero-order valence-electron chi connectivity index (χ0n) is 19.0. The fraction of sp³-hybridized carbons (Fsp3) is 0.750. The smallest absolute Gasteiger partial charge is 0.316 e. The van der Waals surface area contributed by atoms with Gasteiger partial charge in [-0.3, -0.25) is 14.5 Å². The number of carboxylic acids is 1. The van der Waals surface area contributed by atoms with Gasteiger partial charge in [-0.05, 0) is 67.3 Å². The van der Waals surface area contributed by atoms with Crippen LogP contribution in [0, 0.1) is 28.6 Å². The van der Waals surface area contributed by atoms with Crippen LogP contribution in [-0.2, 0) is 9.59 Å². The van der Waals surface area contributed by atoms with E-state index in [2.05, 4.69) is 32.0 Å². The second-order valence-electron chi connectivity index (χ2n) is 11.1. The molecule has 8 heteroatoms. The van der Waals surface area contributed by atoms with E-state index in [9.17, 15) is 14.7 Å². The topological polar surface area (TPSA) is 98.7 Å². The van der Waals surface area contributed by atoms with Crippen LogP contribution in [0.15, 0.2) is 18.5 Å². The molecule has 1 aromatic heterocycles. The number of hydrogen-bond acceptors (Lipinski definition) is 6. The number of piperazine rings is 1. The molecule has 3 unspecified atom stereocenters. The predicted molar refractivity (Wildman–Crippen MR) is 120 cm³/mol. The molecule has 3 atom stereocenters. The van der Waals surface area contributed by atoms with Gasteiger partial charge in [0.1, 0.15) is 5.92 Å². The van der Waals surface area contributed by atoms with E-state index in [0.717, 1.165) is 57.9 Å². The Bertz CT molecular complexity index is 840. The van der Waals surface area contributed by atoms with Gasteiger partial charge >= 0.3 is 5.97 Å². The molecule has 174 valence electrons. The van der Waals surface area contributed by atoms with Crippen molar-refractivity contribution in [3.8, 4) is 0 Å². The van der Waals surface area contributed by atoms with Gasteiger partial charge in [0.05, 0.1) is 0 Å². The SMILES string of the molecule is CC12CC3CC(C1)CC(C(C(=O)O)C(=O)NCCN1CCN(c4ncccn4)CC1)(C3)C2. The number of aromatic nitrogens is 2. The van der Waals surface area contributed by atoms with Crippen molar-refractivity contribution in [3.05, 3.63) is 18.5 Å². The van der Waals surface area contributed by atoms with E-state index in [1.165, 1.54) is 19.3 Å². The maximum Gasteiger partial charge on any atom is 0.316 e. The third-order valence-electron chi connectivity index (χ3n) is 8.45. The van der Waals surface area contributed by atoms with Crippen molar-refractivity contribution in [1.82, 2.24) is 20.2 Å². The van der Waals surface area contributed by atoms with Crippen LogP contribution in [-0.4, -0.2) is 71.1 Å². The molecule has 5 fully saturated rings. The second kappa shape index (κ2) is 8.28. The van der Waals surface area contributed by atoms with Gasteiger partial charge in [-0.2, -0.15) is 0 Å². The quantitative estimate of drug-likeness (QED) is 0.625. The van der Waals surface area contributed by atoms with Crippen molar-refractivity contribution in [2.75, 3.05) is 44.2 Å². The summed E-state index contributed by atoms with van der Waals surface area (Å²) < 4.78 is 0. The predicted octanol–water partition coefficient (Wildman–Crippen LogP) is 2.02. The summed E-state index contributed by atoms with van der Waals surface area (Å²) in [4.78, 5) is 38.6. The lowest BCUT2D eigenvalue weighted by molar-refractivity contribution is -0.172. The summed E-state index contributed by atoms with van der Waals surface area (Å²) in [6.45, 7) is 6.99. The van der Waals surface area contributed by atoms with Crippen LogP contribution >= 0.6 is 0 Å². The third-order valence-corrected chi connectivity index (χ3v) is 8.45. The summed E-state index contributed by atoms with van der Waals surface area (Å²) in [7, 11) is 0. The molecule has 8 nitrogen and oxygen atoms in total. The molecule has 2 heterocycles. The van der Waals surface area contributed by atoms with Gasteiger partial charge in [0, 0.05) is 51.7 Å². The molecule has 2 N–H and O–H groups in total. The molecule has 6 rings (SSSR count). The van der Waals surface area contributed by atoms with Crippen LogP contribution in [0.1, 0.15) is 45.4 Å². The van der Waals surface area contributed by atoms with E-state index in [4.69, 9.17) is 0 Å². The Morgan fingerprint density at radius 3 is 2.38 bits per heavy atom. The Morgan fingerprint density at radius 2 is 1.78 bits per heavy atom. The standard InChI is InChI=1S/C24H35N5O3/c1-23-12-17-11-18(13-23)15-24(14-17,16-23)19(21(31)32)20(30)25-5-6-28-7-9-29(10-8-28)22-26-3-2-4-27-22/h2-4,17-19H,5-16H2,1H3,(H,25,30)(H,31,32). The Hall–Kier alpha value is -2.22. The Balaban J connectivity index is 1.15. The Labute approximate surface area is 189 Å². The normalized spacial score (nSPS) is 35.0. The molecule has 4 aliphatic carbocycles. The van der Waals surface area contributed by atoms with Gasteiger partial charge in [-0.1, -0.05) is 6.92 Å². The van der Waals surface area contributed by atoms with Crippen molar-refractivity contribution in [2.24, 2.45) is 28.6 Å². The average Bonchev–Trinajstić information content (AvgIpc) is 2.72. The largest absolute Gasteiger partial charge is 0.481 e. The van der Waals surface area contributed by atoms with E-state index in [1.807, 2.05) is 6.07 Å². The minimum absolute atomic E-state index is 0.222. The molecule has 0 aromatic carbocycles. The lowest BCUT2D eigenvalue weighted by Gasteiger charge is -2.62. The monoisotopic (exact) mass is 441 g/mol. The molecule has 1 aliphatic heterocycles. The molecule has 32 heavy (non-hydrogen) atoms. The fourth-order valence-electron chi connectivity index (χ4n) is 7.85. The molecule has 4 bridgehead atoms. The first kappa shape index (κ1) is 21.6. The van der Waals surface area contributed by atoms with Gasteiger partial charge in [-0.25, -0.2) is 9.97 Å². The zero-order chi connectivity index (χ0) is 22.3. The highest BCUT2D eigenvalue weighted by Gasteiger charge is 2.61. The summed E-state index contributed by atoms with van der Waals surface area (Å²) in [5.41, 5.74) is -0.129. The van der Waals surface area contributed by atoms with E-state index in [1.54, 1.807) is 12.4 Å². The van der Waals surface area contributed by atoms with Crippen LogP contribution in [0.2, 0.25) is 0 Å².